The molecule has 0 aliphatic heterocycles. The lowest BCUT2D eigenvalue weighted by Gasteiger charge is -2.28. The molecule has 134 valence electrons. The van der Waals surface area contributed by atoms with E-state index < -0.39 is 23.8 Å². The Morgan fingerprint density at radius 3 is 2.28 bits per heavy atom. The Morgan fingerprint density at radius 2 is 1.72 bits per heavy atom. The highest BCUT2D eigenvalue weighted by molar-refractivity contribution is 5.97. The minimum Gasteiger partial charge on any atom is -0.480 e. The summed E-state index contributed by atoms with van der Waals surface area (Å²) in [6.07, 6.45) is 7.36. The van der Waals surface area contributed by atoms with E-state index in [-0.39, 0.29) is 5.92 Å². The molecule has 2 rings (SSSR count). The van der Waals surface area contributed by atoms with Crippen LogP contribution >= 0.6 is 0 Å². The van der Waals surface area contributed by atoms with E-state index in [2.05, 4.69) is 5.32 Å². The van der Waals surface area contributed by atoms with E-state index in [4.69, 9.17) is 5.21 Å². The second-order valence-electron chi connectivity index (χ2n) is 6.12. The number of amides is 2. The second-order valence-corrected chi connectivity index (χ2v) is 6.12. The van der Waals surface area contributed by atoms with Crippen molar-refractivity contribution in [1.82, 2.24) is 10.8 Å². The molecule has 1 atom stereocenters. The third-order valence-electron chi connectivity index (χ3n) is 4.38. The summed E-state index contributed by atoms with van der Waals surface area (Å²) >= 11 is 0. The number of carbonyl (C=O) groups excluding carboxylic acids is 2. The molecule has 0 saturated heterocycles. The third-order valence-corrected chi connectivity index (χ3v) is 4.38. The summed E-state index contributed by atoms with van der Waals surface area (Å²) in [5, 5.41) is 20.5. The highest BCUT2D eigenvalue weighted by Crippen LogP contribution is 2.26. The number of carbonyl (C=O) groups is 3. The lowest BCUT2D eigenvalue weighted by molar-refractivity contribution is -0.141. The molecule has 0 spiro atoms. The van der Waals surface area contributed by atoms with E-state index in [9.17, 15) is 19.5 Å². The van der Waals surface area contributed by atoms with E-state index in [1.807, 2.05) is 0 Å². The molecule has 1 aromatic rings. The molecule has 0 radical (unpaired) electrons. The number of nitrogens with one attached hydrogen (secondary N) is 2. The zero-order valence-electron chi connectivity index (χ0n) is 13.8. The van der Waals surface area contributed by atoms with E-state index in [1.54, 1.807) is 24.3 Å². The average molecular weight is 346 g/mol. The van der Waals surface area contributed by atoms with Crippen LogP contribution in [0.2, 0.25) is 0 Å². The van der Waals surface area contributed by atoms with Gasteiger partial charge in [0.2, 0.25) is 0 Å². The fourth-order valence-electron chi connectivity index (χ4n) is 3.03. The van der Waals surface area contributed by atoms with Gasteiger partial charge in [-0.25, -0.2) is 10.3 Å². The molecule has 7 nitrogen and oxygen atoms in total. The van der Waals surface area contributed by atoms with Gasteiger partial charge in [-0.3, -0.25) is 14.8 Å². The van der Waals surface area contributed by atoms with Crippen LogP contribution in [0.3, 0.4) is 0 Å². The van der Waals surface area contributed by atoms with Gasteiger partial charge in [-0.15, -0.1) is 0 Å². The maximum absolute atomic E-state index is 12.3. The van der Waals surface area contributed by atoms with Crippen LogP contribution in [0.25, 0.3) is 6.08 Å². The van der Waals surface area contributed by atoms with E-state index in [1.165, 1.54) is 11.6 Å². The van der Waals surface area contributed by atoms with Crippen molar-refractivity contribution in [3.63, 3.8) is 0 Å². The number of carboxylic acids is 1. The van der Waals surface area contributed by atoms with Gasteiger partial charge in [0.15, 0.2) is 0 Å². The van der Waals surface area contributed by atoms with Crippen molar-refractivity contribution < 1.29 is 24.7 Å². The molecular formula is C18H22N2O5. The fourth-order valence-corrected chi connectivity index (χ4v) is 3.03. The summed E-state index contributed by atoms with van der Waals surface area (Å²) < 4.78 is 0. The van der Waals surface area contributed by atoms with Crippen LogP contribution in [-0.2, 0) is 9.59 Å². The predicted molar refractivity (Wildman–Crippen MR) is 90.9 cm³/mol. The zero-order valence-corrected chi connectivity index (χ0v) is 13.8. The largest absolute Gasteiger partial charge is 0.480 e. The van der Waals surface area contributed by atoms with Crippen molar-refractivity contribution in [2.45, 2.75) is 38.1 Å². The number of rotatable bonds is 6. The van der Waals surface area contributed by atoms with Crippen molar-refractivity contribution in [2.24, 2.45) is 5.92 Å². The highest BCUT2D eigenvalue weighted by atomic mass is 16.5. The van der Waals surface area contributed by atoms with Crippen LogP contribution in [0.4, 0.5) is 0 Å². The van der Waals surface area contributed by atoms with E-state index >= 15 is 0 Å². The van der Waals surface area contributed by atoms with Crippen molar-refractivity contribution in [3.8, 4) is 0 Å². The standard InChI is InChI=1S/C18H22N2O5/c21-15(20-25)11-8-12-6-9-14(10-7-12)17(22)19-16(18(23)24)13-4-2-1-3-5-13/h6-11,13,16,25H,1-5H2,(H,19,22)(H,20,21)(H,23,24)/b11-8+/t16-/m0/s1. The number of hydrogen-bond donors (Lipinski definition) is 4. The molecule has 0 heterocycles. The number of hydrogen-bond acceptors (Lipinski definition) is 4. The van der Waals surface area contributed by atoms with Crippen molar-refractivity contribution >= 4 is 23.9 Å². The molecule has 7 heteroatoms. The summed E-state index contributed by atoms with van der Waals surface area (Å²) in [7, 11) is 0. The van der Waals surface area contributed by atoms with E-state index in [0.717, 1.165) is 38.2 Å². The molecule has 0 unspecified atom stereocenters. The molecule has 25 heavy (non-hydrogen) atoms. The smallest absolute Gasteiger partial charge is 0.326 e. The first kappa shape index (κ1) is 18.7. The van der Waals surface area contributed by atoms with Gasteiger partial charge in [0, 0.05) is 11.6 Å². The Bertz CT molecular complexity index is 648. The Hall–Kier alpha value is -2.67. The van der Waals surface area contributed by atoms with E-state index in [0.29, 0.717) is 11.1 Å². The normalized spacial score (nSPS) is 16.4. The SMILES string of the molecule is O=C(/C=C/c1ccc(C(=O)N[C@H](C(=O)O)C2CCCCC2)cc1)NO. The van der Waals surface area contributed by atoms with Gasteiger partial charge in [0.25, 0.3) is 11.8 Å². The lowest BCUT2D eigenvalue weighted by Crippen LogP contribution is -2.46. The second kappa shape index (κ2) is 8.98. The van der Waals surface area contributed by atoms with Gasteiger partial charge in [0.05, 0.1) is 0 Å². The average Bonchev–Trinajstić information content (AvgIpc) is 2.64. The van der Waals surface area contributed by atoms with Crippen LogP contribution in [0, 0.1) is 5.92 Å². The van der Waals surface area contributed by atoms with Gasteiger partial charge in [-0.05, 0) is 42.5 Å². The maximum atomic E-state index is 12.3. The Kier molecular flexibility index (Phi) is 6.71. The first-order valence-corrected chi connectivity index (χ1v) is 8.27. The van der Waals surface area contributed by atoms with Gasteiger partial charge in [-0.1, -0.05) is 31.4 Å². The van der Waals surface area contributed by atoms with Crippen LogP contribution in [-0.4, -0.2) is 34.1 Å². The monoisotopic (exact) mass is 346 g/mol. The molecule has 2 amide bonds. The highest BCUT2D eigenvalue weighted by Gasteiger charge is 2.30. The predicted octanol–water partition coefficient (Wildman–Crippen LogP) is 1.97. The number of hydroxylamine groups is 1. The molecular weight excluding hydrogens is 324 g/mol. The topological polar surface area (TPSA) is 116 Å². The fraction of sp³-hybridized carbons (Fsp3) is 0.389. The third kappa shape index (κ3) is 5.42. The van der Waals surface area contributed by atoms with Crippen LogP contribution in [0.5, 0.6) is 0 Å². The lowest BCUT2D eigenvalue weighted by atomic mass is 9.84. The van der Waals surface area contributed by atoms with Crippen LogP contribution in [0.1, 0.15) is 48.0 Å². The first-order chi connectivity index (χ1) is 12.0. The molecule has 1 aromatic carbocycles. The quantitative estimate of drug-likeness (QED) is 0.357. The van der Waals surface area contributed by atoms with Crippen LogP contribution < -0.4 is 10.8 Å². The molecule has 0 bridgehead atoms. The van der Waals surface area contributed by atoms with Crippen molar-refractivity contribution in [1.29, 1.82) is 0 Å². The number of aliphatic carboxylic acids is 1. The Morgan fingerprint density at radius 1 is 1.08 bits per heavy atom. The molecule has 1 aliphatic carbocycles. The van der Waals surface area contributed by atoms with Gasteiger partial charge < -0.3 is 10.4 Å². The zero-order chi connectivity index (χ0) is 18.2. The molecule has 0 aromatic heterocycles. The summed E-state index contributed by atoms with van der Waals surface area (Å²) in [6, 6.07) is 5.51. The summed E-state index contributed by atoms with van der Waals surface area (Å²) in [5.41, 5.74) is 2.50. The van der Waals surface area contributed by atoms with Gasteiger partial charge in [-0.2, -0.15) is 0 Å². The molecule has 1 fully saturated rings. The summed E-state index contributed by atoms with van der Waals surface area (Å²) in [4.78, 5) is 34.8. The maximum Gasteiger partial charge on any atom is 0.326 e. The number of benzene rings is 1. The van der Waals surface area contributed by atoms with Crippen molar-refractivity contribution in [2.75, 3.05) is 0 Å². The minimum atomic E-state index is -1.00. The minimum absolute atomic E-state index is 0.0330. The van der Waals surface area contributed by atoms with Gasteiger partial charge in [0.1, 0.15) is 6.04 Å². The Balaban J connectivity index is 2.02. The summed E-state index contributed by atoms with van der Waals surface area (Å²) in [6.45, 7) is 0. The molecule has 1 aliphatic rings. The molecule has 1 saturated carbocycles. The van der Waals surface area contributed by atoms with Crippen molar-refractivity contribution in [3.05, 3.63) is 41.5 Å². The van der Waals surface area contributed by atoms with Crippen LogP contribution in [0.15, 0.2) is 30.3 Å². The first-order valence-electron chi connectivity index (χ1n) is 8.27. The summed E-state index contributed by atoms with van der Waals surface area (Å²) in [5.74, 6) is -2.12. The molecule has 4 N–H and O–H groups in total. The van der Waals surface area contributed by atoms with Gasteiger partial charge >= 0.3 is 5.97 Å². The number of carboxylic acid groups (broad SMARTS) is 1. The Labute approximate surface area is 145 Å².